The van der Waals surface area contributed by atoms with Gasteiger partial charge in [-0.1, -0.05) is 42.0 Å². The number of hydrogen-bond donors (Lipinski definition) is 1. The summed E-state index contributed by atoms with van der Waals surface area (Å²) in [5.74, 6) is 1.59. The Labute approximate surface area is 158 Å². The molecule has 1 fully saturated rings. The Bertz CT molecular complexity index is 950. The van der Waals surface area contributed by atoms with Crippen LogP contribution in [0.1, 0.15) is 13.3 Å². The summed E-state index contributed by atoms with van der Waals surface area (Å²) in [5, 5.41) is 7.40. The standard InChI is InChI=1S/C21H23N5O/c1-16-6-5-9-22-20(14-16)25-10-12-26(13-11-25)21-19(27)15-18(23-24-21)17-7-3-2-4-8-17/h2-9,15H,10-14H2,1H3,(H,23,27). The molecular formula is C21H23N5O. The van der Waals surface area contributed by atoms with Crippen LogP contribution in [-0.2, 0) is 0 Å². The number of aliphatic imine (C=N–C) groups is 1. The lowest BCUT2D eigenvalue weighted by Gasteiger charge is -2.36. The highest BCUT2D eigenvalue weighted by atomic mass is 16.1. The largest absolute Gasteiger partial charge is 0.356 e. The summed E-state index contributed by atoms with van der Waals surface area (Å²) in [6.07, 6.45) is 6.81. The van der Waals surface area contributed by atoms with Crippen LogP contribution in [0.25, 0.3) is 11.3 Å². The predicted molar refractivity (Wildman–Crippen MR) is 109 cm³/mol. The summed E-state index contributed by atoms with van der Waals surface area (Å²) in [7, 11) is 0. The maximum absolute atomic E-state index is 12.6. The van der Waals surface area contributed by atoms with Gasteiger partial charge >= 0.3 is 0 Å². The molecule has 0 atom stereocenters. The van der Waals surface area contributed by atoms with Crippen LogP contribution in [-0.4, -0.2) is 47.1 Å². The van der Waals surface area contributed by atoms with E-state index in [-0.39, 0.29) is 5.43 Å². The average molecular weight is 361 g/mol. The number of anilines is 1. The third-order valence-electron chi connectivity index (χ3n) is 4.93. The third-order valence-corrected chi connectivity index (χ3v) is 4.93. The number of H-pyrrole nitrogens is 1. The van der Waals surface area contributed by atoms with E-state index in [2.05, 4.69) is 38.0 Å². The van der Waals surface area contributed by atoms with Gasteiger partial charge in [0.05, 0.1) is 5.69 Å². The molecule has 138 valence electrons. The highest BCUT2D eigenvalue weighted by molar-refractivity contribution is 5.85. The quantitative estimate of drug-likeness (QED) is 0.893. The fourth-order valence-electron chi connectivity index (χ4n) is 3.45. The molecule has 0 radical (unpaired) electrons. The maximum Gasteiger partial charge on any atom is 0.224 e. The van der Waals surface area contributed by atoms with Gasteiger partial charge in [-0.2, -0.15) is 5.10 Å². The molecule has 1 aromatic carbocycles. The summed E-state index contributed by atoms with van der Waals surface area (Å²) >= 11 is 0. The zero-order valence-corrected chi connectivity index (χ0v) is 15.4. The number of rotatable bonds is 2. The Hall–Kier alpha value is -3.15. The fraction of sp³-hybridized carbons (Fsp3) is 0.286. The second kappa shape index (κ2) is 7.61. The molecule has 4 rings (SSSR count). The molecule has 0 saturated carbocycles. The molecule has 2 aliphatic rings. The van der Waals surface area contributed by atoms with Gasteiger partial charge in [0, 0.05) is 44.9 Å². The summed E-state index contributed by atoms with van der Waals surface area (Å²) < 4.78 is 0. The minimum atomic E-state index is -0.0467. The van der Waals surface area contributed by atoms with Crippen molar-refractivity contribution in [3.8, 4) is 11.3 Å². The topological polar surface area (TPSA) is 64.6 Å². The lowest BCUT2D eigenvalue weighted by Crippen LogP contribution is -2.50. The Morgan fingerprint density at radius 3 is 2.52 bits per heavy atom. The molecular weight excluding hydrogens is 338 g/mol. The second-order valence-electron chi connectivity index (χ2n) is 6.89. The molecule has 0 bridgehead atoms. The summed E-state index contributed by atoms with van der Waals surface area (Å²) in [5.41, 5.74) is 2.96. The first kappa shape index (κ1) is 17.3. The molecule has 27 heavy (non-hydrogen) atoms. The monoisotopic (exact) mass is 361 g/mol. The molecule has 0 unspecified atom stereocenters. The zero-order valence-electron chi connectivity index (χ0n) is 15.4. The van der Waals surface area contributed by atoms with E-state index < -0.39 is 0 Å². The van der Waals surface area contributed by atoms with Gasteiger partial charge in [0.25, 0.3) is 0 Å². The Balaban J connectivity index is 1.46. The van der Waals surface area contributed by atoms with E-state index in [1.807, 2.05) is 42.6 Å². The van der Waals surface area contributed by atoms with Gasteiger partial charge in [0.1, 0.15) is 5.84 Å². The fourth-order valence-corrected chi connectivity index (χ4v) is 3.45. The first-order valence-corrected chi connectivity index (χ1v) is 9.25. The number of hydrogen-bond acceptors (Lipinski definition) is 5. The Morgan fingerprint density at radius 1 is 1.04 bits per heavy atom. The molecule has 1 aromatic heterocycles. The summed E-state index contributed by atoms with van der Waals surface area (Å²) in [6.45, 7) is 5.31. The van der Waals surface area contributed by atoms with Crippen molar-refractivity contribution in [3.63, 3.8) is 0 Å². The number of nitrogens with zero attached hydrogens (tertiary/aromatic N) is 4. The first-order chi connectivity index (χ1) is 13.2. The van der Waals surface area contributed by atoms with Crippen molar-refractivity contribution in [2.75, 3.05) is 31.1 Å². The van der Waals surface area contributed by atoms with Crippen molar-refractivity contribution in [3.05, 3.63) is 70.5 Å². The molecule has 2 aliphatic heterocycles. The van der Waals surface area contributed by atoms with Crippen molar-refractivity contribution >= 4 is 11.7 Å². The van der Waals surface area contributed by atoms with Gasteiger partial charge in [0.15, 0.2) is 5.82 Å². The average Bonchev–Trinajstić information content (AvgIpc) is 2.93. The molecule has 3 heterocycles. The van der Waals surface area contributed by atoms with Gasteiger partial charge in [0.2, 0.25) is 5.43 Å². The van der Waals surface area contributed by atoms with Crippen molar-refractivity contribution in [1.82, 2.24) is 15.1 Å². The van der Waals surface area contributed by atoms with Gasteiger partial charge in [-0.15, -0.1) is 0 Å². The van der Waals surface area contributed by atoms with E-state index >= 15 is 0 Å². The van der Waals surface area contributed by atoms with E-state index in [4.69, 9.17) is 0 Å². The number of amidine groups is 1. The Kier molecular flexibility index (Phi) is 4.87. The molecule has 0 aliphatic carbocycles. The molecule has 6 nitrogen and oxygen atoms in total. The van der Waals surface area contributed by atoms with Crippen LogP contribution in [0.3, 0.4) is 0 Å². The Morgan fingerprint density at radius 2 is 1.78 bits per heavy atom. The number of aromatic amines is 1. The van der Waals surface area contributed by atoms with Gasteiger partial charge in [-0.05, 0) is 18.6 Å². The lowest BCUT2D eigenvalue weighted by atomic mass is 10.1. The van der Waals surface area contributed by atoms with Crippen LogP contribution in [0.5, 0.6) is 0 Å². The van der Waals surface area contributed by atoms with Gasteiger partial charge in [-0.25, -0.2) is 4.99 Å². The van der Waals surface area contributed by atoms with E-state index in [1.54, 1.807) is 6.07 Å². The minimum absolute atomic E-state index is 0.0467. The SMILES string of the molecule is CC1=CC=CN=C(N2CCN(c3n[nH]c(-c4ccccc4)cc3=O)CC2)C1. The van der Waals surface area contributed by atoms with E-state index in [9.17, 15) is 4.79 Å². The van der Waals surface area contributed by atoms with Gasteiger partial charge < -0.3 is 9.80 Å². The van der Waals surface area contributed by atoms with Gasteiger partial charge in [-0.3, -0.25) is 9.89 Å². The van der Waals surface area contributed by atoms with Crippen molar-refractivity contribution in [1.29, 1.82) is 0 Å². The number of nitrogens with one attached hydrogen (secondary N) is 1. The van der Waals surface area contributed by atoms with Crippen LogP contribution in [0.4, 0.5) is 5.82 Å². The molecule has 1 saturated heterocycles. The smallest absolute Gasteiger partial charge is 0.224 e. The lowest BCUT2D eigenvalue weighted by molar-refractivity contribution is 0.379. The molecule has 0 amide bonds. The number of piperazine rings is 1. The maximum atomic E-state index is 12.6. The first-order valence-electron chi connectivity index (χ1n) is 9.25. The molecule has 1 N–H and O–H groups in total. The van der Waals surface area contributed by atoms with Crippen molar-refractivity contribution < 1.29 is 0 Å². The van der Waals surface area contributed by atoms with Crippen LogP contribution in [0.2, 0.25) is 0 Å². The second-order valence-corrected chi connectivity index (χ2v) is 6.89. The molecule has 2 aromatic rings. The molecule has 0 spiro atoms. The number of benzene rings is 1. The minimum Gasteiger partial charge on any atom is -0.356 e. The highest BCUT2D eigenvalue weighted by Gasteiger charge is 2.22. The van der Waals surface area contributed by atoms with Crippen molar-refractivity contribution in [2.24, 2.45) is 4.99 Å². The number of aromatic nitrogens is 2. The molecule has 6 heteroatoms. The van der Waals surface area contributed by atoms with Crippen molar-refractivity contribution in [2.45, 2.75) is 13.3 Å². The van der Waals surface area contributed by atoms with Crippen LogP contribution >= 0.6 is 0 Å². The van der Waals surface area contributed by atoms with Crippen LogP contribution in [0, 0.1) is 0 Å². The van der Waals surface area contributed by atoms with E-state index in [1.165, 1.54) is 5.57 Å². The number of allylic oxidation sites excluding steroid dienone is 2. The van der Waals surface area contributed by atoms with Crippen LogP contribution < -0.4 is 10.3 Å². The normalized spacial score (nSPS) is 17.4. The highest BCUT2D eigenvalue weighted by Crippen LogP contribution is 2.17. The third kappa shape index (κ3) is 3.84. The predicted octanol–water partition coefficient (Wildman–Crippen LogP) is 2.82. The van der Waals surface area contributed by atoms with E-state index in [0.717, 1.165) is 49.7 Å². The zero-order chi connectivity index (χ0) is 18.6. The summed E-state index contributed by atoms with van der Waals surface area (Å²) in [6, 6.07) is 11.4. The van der Waals surface area contributed by atoms with E-state index in [0.29, 0.717) is 5.82 Å². The summed E-state index contributed by atoms with van der Waals surface area (Å²) in [4.78, 5) is 21.5. The van der Waals surface area contributed by atoms with Crippen LogP contribution in [0.15, 0.2) is 70.1 Å².